The van der Waals surface area contributed by atoms with E-state index < -0.39 is 48.6 Å². The molecule has 5 atom stereocenters. The van der Waals surface area contributed by atoms with Gasteiger partial charge in [-0.3, -0.25) is 9.59 Å². The van der Waals surface area contributed by atoms with Crippen molar-refractivity contribution >= 4 is 17.9 Å². The maximum atomic E-state index is 12.8. The lowest BCUT2D eigenvalue weighted by Crippen LogP contribution is -2.45. The molecule has 0 amide bonds. The first kappa shape index (κ1) is 28.9. The first-order chi connectivity index (χ1) is 19.4. The van der Waals surface area contributed by atoms with Gasteiger partial charge in [0.25, 0.3) is 0 Å². The molecule has 1 aliphatic heterocycles. The van der Waals surface area contributed by atoms with Crippen molar-refractivity contribution < 1.29 is 42.8 Å². The Morgan fingerprint density at radius 3 is 1.85 bits per heavy atom. The summed E-state index contributed by atoms with van der Waals surface area (Å²) in [5.41, 5.74) is 2.13. The van der Waals surface area contributed by atoms with Crippen LogP contribution in [0.2, 0.25) is 0 Å². The molecule has 0 bridgehead atoms. The van der Waals surface area contributed by atoms with E-state index >= 15 is 0 Å². The smallest absolute Gasteiger partial charge is 0.338 e. The van der Waals surface area contributed by atoms with E-state index in [0.29, 0.717) is 5.56 Å². The third-order valence-electron chi connectivity index (χ3n) is 6.14. The molecule has 1 aliphatic rings. The number of hydrogen-bond donors (Lipinski definition) is 0. The van der Waals surface area contributed by atoms with Gasteiger partial charge in [0.15, 0.2) is 6.10 Å². The van der Waals surface area contributed by atoms with Crippen molar-refractivity contribution in [2.45, 2.75) is 57.8 Å². The van der Waals surface area contributed by atoms with Gasteiger partial charge in [-0.25, -0.2) is 4.79 Å². The molecule has 0 aromatic heterocycles. The van der Waals surface area contributed by atoms with Gasteiger partial charge in [-0.2, -0.15) is 0 Å². The van der Waals surface area contributed by atoms with Gasteiger partial charge in [-0.05, 0) is 23.3 Å². The molecule has 1 fully saturated rings. The highest BCUT2D eigenvalue weighted by Gasteiger charge is 2.53. The Morgan fingerprint density at radius 2 is 1.27 bits per heavy atom. The highest BCUT2D eigenvalue weighted by atomic mass is 16.8. The monoisotopic (exact) mass is 548 g/mol. The average Bonchev–Trinajstić information content (AvgIpc) is 3.28. The molecule has 1 unspecified atom stereocenters. The quantitative estimate of drug-likeness (QED) is 0.243. The second-order valence-electron chi connectivity index (χ2n) is 9.21. The maximum Gasteiger partial charge on any atom is 0.338 e. The fourth-order valence-electron chi connectivity index (χ4n) is 4.31. The predicted octanol–water partition coefficient (Wildman–Crippen LogP) is 4.23. The average molecular weight is 549 g/mol. The second kappa shape index (κ2) is 14.4. The number of benzene rings is 3. The maximum absolute atomic E-state index is 12.8. The molecular weight excluding hydrogens is 516 g/mol. The molecule has 9 nitrogen and oxygen atoms in total. The number of hydrogen-bond acceptors (Lipinski definition) is 9. The van der Waals surface area contributed by atoms with Gasteiger partial charge >= 0.3 is 17.9 Å². The summed E-state index contributed by atoms with van der Waals surface area (Å²) in [5.74, 6) is -1.76. The van der Waals surface area contributed by atoms with Crippen molar-refractivity contribution in [1.29, 1.82) is 0 Å². The van der Waals surface area contributed by atoms with Gasteiger partial charge in [-0.1, -0.05) is 78.9 Å². The summed E-state index contributed by atoms with van der Waals surface area (Å²) in [7, 11) is 0. The van der Waals surface area contributed by atoms with Gasteiger partial charge in [-0.15, -0.1) is 0 Å². The predicted molar refractivity (Wildman–Crippen MR) is 143 cm³/mol. The Labute approximate surface area is 232 Å². The van der Waals surface area contributed by atoms with E-state index in [1.807, 2.05) is 60.7 Å². The van der Waals surface area contributed by atoms with Gasteiger partial charge in [0.1, 0.15) is 24.9 Å². The van der Waals surface area contributed by atoms with Crippen LogP contribution in [0, 0.1) is 0 Å². The van der Waals surface area contributed by atoms with Crippen molar-refractivity contribution in [3.8, 4) is 0 Å². The van der Waals surface area contributed by atoms with E-state index in [4.69, 9.17) is 28.4 Å². The summed E-state index contributed by atoms with van der Waals surface area (Å²) in [6.45, 7) is 2.61. The topological polar surface area (TPSA) is 107 Å². The summed E-state index contributed by atoms with van der Waals surface area (Å²) in [4.78, 5) is 36.7. The minimum Gasteiger partial charge on any atom is -0.459 e. The van der Waals surface area contributed by atoms with Crippen LogP contribution < -0.4 is 0 Å². The molecule has 210 valence electrons. The van der Waals surface area contributed by atoms with E-state index in [2.05, 4.69) is 0 Å². The van der Waals surface area contributed by atoms with E-state index in [1.54, 1.807) is 30.3 Å². The number of esters is 3. The van der Waals surface area contributed by atoms with Crippen molar-refractivity contribution in [2.75, 3.05) is 6.61 Å². The zero-order chi connectivity index (χ0) is 28.3. The minimum absolute atomic E-state index is 0.158. The zero-order valence-corrected chi connectivity index (χ0v) is 22.3. The van der Waals surface area contributed by atoms with Crippen LogP contribution >= 0.6 is 0 Å². The molecule has 40 heavy (non-hydrogen) atoms. The Hall–Kier alpha value is -4.05. The molecule has 0 aliphatic carbocycles. The molecule has 0 saturated carbocycles. The van der Waals surface area contributed by atoms with Crippen molar-refractivity contribution in [3.63, 3.8) is 0 Å². The van der Waals surface area contributed by atoms with Crippen molar-refractivity contribution in [3.05, 3.63) is 108 Å². The molecule has 1 saturated heterocycles. The molecule has 0 spiro atoms. The Bertz CT molecular complexity index is 1230. The van der Waals surface area contributed by atoms with Crippen LogP contribution in [-0.2, 0) is 51.2 Å². The summed E-state index contributed by atoms with van der Waals surface area (Å²) in [6, 6.07) is 27.4. The molecule has 3 aromatic carbocycles. The van der Waals surface area contributed by atoms with E-state index in [1.165, 1.54) is 13.8 Å². The Kier molecular flexibility index (Phi) is 10.4. The van der Waals surface area contributed by atoms with Crippen molar-refractivity contribution in [1.82, 2.24) is 0 Å². The lowest BCUT2D eigenvalue weighted by atomic mass is 10.0. The minimum atomic E-state index is -1.25. The van der Waals surface area contributed by atoms with Crippen LogP contribution in [0.4, 0.5) is 0 Å². The summed E-state index contributed by atoms with van der Waals surface area (Å²) >= 11 is 0. The summed E-state index contributed by atoms with van der Waals surface area (Å²) in [6.07, 6.45) is -5.04. The fourth-order valence-corrected chi connectivity index (χ4v) is 4.31. The molecule has 0 N–H and O–H groups in total. The molecule has 4 rings (SSSR count). The number of carbonyl (C=O) groups excluding carboxylic acids is 3. The van der Waals surface area contributed by atoms with Crippen molar-refractivity contribution in [2.24, 2.45) is 0 Å². The zero-order valence-electron chi connectivity index (χ0n) is 22.3. The molecule has 9 heteroatoms. The SMILES string of the molecule is CC(=O)OC1O[C@H]([C@@H](COC(=O)c2ccccc2)OCc2ccccc2)[C@@H](OCc2ccccc2)[C@H]1OC(C)=O. The first-order valence-electron chi connectivity index (χ1n) is 12.9. The lowest BCUT2D eigenvalue weighted by Gasteiger charge is -2.28. The highest BCUT2D eigenvalue weighted by Crippen LogP contribution is 2.32. The summed E-state index contributed by atoms with van der Waals surface area (Å²) < 4.78 is 35.1. The van der Waals surface area contributed by atoms with Crippen LogP contribution in [0.3, 0.4) is 0 Å². The molecule has 3 aromatic rings. The standard InChI is InChI=1S/C31H32O9/c1-21(32)38-29-28(36-19-24-14-8-4-9-15-24)27(40-31(29)39-22(2)33)26(35-18-23-12-6-3-7-13-23)20-37-30(34)25-16-10-5-11-17-25/h3-17,26-29,31H,18-20H2,1-2H3/t26-,27-,28-,29-,31?/m1/s1. The van der Waals surface area contributed by atoms with Crippen LogP contribution in [0.5, 0.6) is 0 Å². The van der Waals surface area contributed by atoms with Crippen LogP contribution in [0.25, 0.3) is 0 Å². The van der Waals surface area contributed by atoms with Gasteiger partial charge in [0.2, 0.25) is 6.29 Å². The number of ether oxygens (including phenoxy) is 6. The largest absolute Gasteiger partial charge is 0.459 e. The van der Waals surface area contributed by atoms with Crippen LogP contribution in [0.1, 0.15) is 35.3 Å². The highest BCUT2D eigenvalue weighted by molar-refractivity contribution is 5.89. The summed E-state index contributed by atoms with van der Waals surface area (Å²) in [5, 5.41) is 0. The van der Waals surface area contributed by atoms with Crippen LogP contribution in [0.15, 0.2) is 91.0 Å². The van der Waals surface area contributed by atoms with E-state index in [-0.39, 0.29) is 19.8 Å². The normalized spacial score (nSPS) is 20.9. The van der Waals surface area contributed by atoms with Gasteiger partial charge in [0.05, 0.1) is 18.8 Å². The molecule has 0 radical (unpaired) electrons. The van der Waals surface area contributed by atoms with E-state index in [0.717, 1.165) is 11.1 Å². The Morgan fingerprint density at radius 1 is 0.725 bits per heavy atom. The van der Waals surface area contributed by atoms with Gasteiger partial charge in [0, 0.05) is 13.8 Å². The second-order valence-corrected chi connectivity index (χ2v) is 9.21. The third-order valence-corrected chi connectivity index (χ3v) is 6.14. The number of carbonyl (C=O) groups is 3. The lowest BCUT2D eigenvalue weighted by molar-refractivity contribution is -0.202. The Balaban J connectivity index is 1.60. The third kappa shape index (κ3) is 8.22. The van der Waals surface area contributed by atoms with E-state index in [9.17, 15) is 14.4 Å². The molecular formula is C31H32O9. The first-order valence-corrected chi connectivity index (χ1v) is 12.9. The fraction of sp³-hybridized carbons (Fsp3) is 0.323. The van der Waals surface area contributed by atoms with Crippen LogP contribution in [-0.4, -0.2) is 55.2 Å². The number of rotatable bonds is 12. The van der Waals surface area contributed by atoms with Gasteiger partial charge < -0.3 is 28.4 Å². The molecule has 1 heterocycles.